The SMILES string of the molecule is C\C=C/C(Br)=C\C(CCC)=N/C(=C\C)C1CCC(CN)CC1. The molecule has 0 atom stereocenters. The van der Waals surface area contributed by atoms with Crippen LogP contribution in [0.15, 0.2) is 39.5 Å². The molecule has 1 saturated carbocycles. The quantitative estimate of drug-likeness (QED) is 0.451. The second kappa shape index (κ2) is 11.0. The minimum atomic E-state index is 0.605. The molecular formula is C19H31BrN2. The fraction of sp³-hybridized carbons (Fsp3) is 0.632. The van der Waals surface area contributed by atoms with Crippen molar-refractivity contribution in [1.82, 2.24) is 0 Å². The average Bonchev–Trinajstić information content (AvgIpc) is 2.53. The normalized spacial score (nSPS) is 25.0. The van der Waals surface area contributed by atoms with Crippen molar-refractivity contribution in [2.75, 3.05) is 6.54 Å². The lowest BCUT2D eigenvalue weighted by Gasteiger charge is -2.28. The Morgan fingerprint density at radius 3 is 2.41 bits per heavy atom. The summed E-state index contributed by atoms with van der Waals surface area (Å²) >= 11 is 3.59. The van der Waals surface area contributed by atoms with Crippen LogP contribution in [0.1, 0.15) is 59.3 Å². The monoisotopic (exact) mass is 366 g/mol. The van der Waals surface area contributed by atoms with E-state index in [1.807, 2.05) is 13.0 Å². The summed E-state index contributed by atoms with van der Waals surface area (Å²) in [7, 11) is 0. The molecule has 1 fully saturated rings. The molecular weight excluding hydrogens is 336 g/mol. The highest BCUT2D eigenvalue weighted by molar-refractivity contribution is 9.11. The number of allylic oxidation sites excluding steroid dienone is 6. The molecule has 1 aliphatic carbocycles. The molecule has 0 saturated heterocycles. The van der Waals surface area contributed by atoms with Gasteiger partial charge in [-0.05, 0) is 64.5 Å². The Balaban J connectivity index is 2.85. The summed E-state index contributed by atoms with van der Waals surface area (Å²) in [6, 6.07) is 0. The van der Waals surface area contributed by atoms with Crippen LogP contribution in [0, 0.1) is 11.8 Å². The van der Waals surface area contributed by atoms with Crippen LogP contribution in [0.2, 0.25) is 0 Å². The maximum absolute atomic E-state index is 5.80. The van der Waals surface area contributed by atoms with Gasteiger partial charge in [-0.2, -0.15) is 0 Å². The summed E-state index contributed by atoms with van der Waals surface area (Å²) < 4.78 is 1.09. The Labute approximate surface area is 144 Å². The third kappa shape index (κ3) is 6.62. The molecule has 0 radical (unpaired) electrons. The van der Waals surface area contributed by atoms with Crippen molar-refractivity contribution in [3.05, 3.63) is 34.5 Å². The Morgan fingerprint density at radius 2 is 1.91 bits per heavy atom. The minimum absolute atomic E-state index is 0.605. The molecule has 0 aromatic carbocycles. The van der Waals surface area contributed by atoms with E-state index < -0.39 is 0 Å². The van der Waals surface area contributed by atoms with Gasteiger partial charge in [0.05, 0.1) is 0 Å². The molecule has 0 heterocycles. The smallest absolute Gasteiger partial charge is 0.0418 e. The molecule has 2 nitrogen and oxygen atoms in total. The zero-order valence-electron chi connectivity index (χ0n) is 14.3. The summed E-state index contributed by atoms with van der Waals surface area (Å²) in [6.45, 7) is 7.18. The number of nitrogens with two attached hydrogens (primary N) is 1. The van der Waals surface area contributed by atoms with Crippen LogP contribution in [0.4, 0.5) is 0 Å². The second-order valence-corrected chi connectivity index (χ2v) is 6.96. The van der Waals surface area contributed by atoms with E-state index in [0.29, 0.717) is 5.92 Å². The highest BCUT2D eigenvalue weighted by Gasteiger charge is 2.22. The van der Waals surface area contributed by atoms with E-state index in [-0.39, 0.29) is 0 Å². The van der Waals surface area contributed by atoms with Gasteiger partial charge in [-0.25, -0.2) is 0 Å². The lowest BCUT2D eigenvalue weighted by molar-refractivity contribution is 0.306. The van der Waals surface area contributed by atoms with E-state index in [1.165, 1.54) is 37.1 Å². The largest absolute Gasteiger partial charge is 0.330 e. The van der Waals surface area contributed by atoms with Gasteiger partial charge >= 0.3 is 0 Å². The molecule has 0 spiro atoms. The molecule has 22 heavy (non-hydrogen) atoms. The lowest BCUT2D eigenvalue weighted by atomic mass is 9.80. The van der Waals surface area contributed by atoms with Crippen molar-refractivity contribution in [3.63, 3.8) is 0 Å². The van der Waals surface area contributed by atoms with Crippen molar-refractivity contribution in [2.45, 2.75) is 59.3 Å². The van der Waals surface area contributed by atoms with Crippen LogP contribution in [-0.2, 0) is 0 Å². The highest BCUT2D eigenvalue weighted by atomic mass is 79.9. The Hall–Kier alpha value is -0.670. The molecule has 1 rings (SSSR count). The van der Waals surface area contributed by atoms with Crippen molar-refractivity contribution in [3.8, 4) is 0 Å². The number of aliphatic imine (C=N–C) groups is 1. The molecule has 0 aromatic rings. The van der Waals surface area contributed by atoms with Gasteiger partial charge in [0.1, 0.15) is 0 Å². The molecule has 0 amide bonds. The third-order valence-electron chi connectivity index (χ3n) is 4.30. The van der Waals surface area contributed by atoms with Gasteiger partial charge in [-0.3, -0.25) is 4.99 Å². The minimum Gasteiger partial charge on any atom is -0.330 e. The van der Waals surface area contributed by atoms with E-state index in [4.69, 9.17) is 10.7 Å². The first kappa shape index (κ1) is 19.4. The Bertz CT molecular complexity index is 438. The van der Waals surface area contributed by atoms with Crippen molar-refractivity contribution >= 4 is 21.6 Å². The molecule has 124 valence electrons. The zero-order chi connectivity index (χ0) is 16.4. The first-order valence-corrected chi connectivity index (χ1v) is 9.37. The molecule has 2 N–H and O–H groups in total. The van der Waals surface area contributed by atoms with Crippen LogP contribution in [0.3, 0.4) is 0 Å². The van der Waals surface area contributed by atoms with Gasteiger partial charge in [0, 0.05) is 21.8 Å². The zero-order valence-corrected chi connectivity index (χ0v) is 15.9. The lowest BCUT2D eigenvalue weighted by Crippen LogP contribution is -2.22. The molecule has 1 aliphatic rings. The Kier molecular flexibility index (Phi) is 9.65. The van der Waals surface area contributed by atoms with Gasteiger partial charge in [0.25, 0.3) is 0 Å². The van der Waals surface area contributed by atoms with Crippen LogP contribution in [0.5, 0.6) is 0 Å². The van der Waals surface area contributed by atoms with Gasteiger partial charge < -0.3 is 5.73 Å². The summed E-state index contributed by atoms with van der Waals surface area (Å²) in [5.74, 6) is 1.32. The van der Waals surface area contributed by atoms with Crippen LogP contribution in [0.25, 0.3) is 0 Å². The predicted octanol–water partition coefficient (Wildman–Crippen LogP) is 5.75. The van der Waals surface area contributed by atoms with E-state index in [9.17, 15) is 0 Å². The van der Waals surface area contributed by atoms with E-state index in [0.717, 1.165) is 29.8 Å². The summed E-state index contributed by atoms with van der Waals surface area (Å²) in [4.78, 5) is 4.99. The average molecular weight is 367 g/mol. The molecule has 0 unspecified atom stereocenters. The topological polar surface area (TPSA) is 38.4 Å². The van der Waals surface area contributed by atoms with Crippen molar-refractivity contribution in [1.29, 1.82) is 0 Å². The summed E-state index contributed by atoms with van der Waals surface area (Å²) in [5, 5.41) is 0. The first-order chi connectivity index (χ1) is 10.6. The van der Waals surface area contributed by atoms with Crippen LogP contribution in [-0.4, -0.2) is 12.3 Å². The third-order valence-corrected chi connectivity index (χ3v) is 4.80. The Morgan fingerprint density at radius 1 is 1.23 bits per heavy atom. The van der Waals surface area contributed by atoms with E-state index in [1.54, 1.807) is 0 Å². The molecule has 0 aromatic heterocycles. The number of hydrogen-bond donors (Lipinski definition) is 1. The first-order valence-electron chi connectivity index (χ1n) is 8.58. The van der Waals surface area contributed by atoms with E-state index in [2.05, 4.69) is 48.0 Å². The standard InChI is InChI=1S/C19H31BrN2/c1-4-7-17(20)13-18(8-5-2)22-19(6-3)16-11-9-15(14-21)10-12-16/h4,6-7,13,15-16H,5,8-12,14,21H2,1-3H3/b7-4-,17-13+,19-6-,22-18-. The van der Waals surface area contributed by atoms with Crippen molar-refractivity contribution in [2.24, 2.45) is 22.6 Å². The maximum atomic E-state index is 5.80. The fourth-order valence-corrected chi connectivity index (χ4v) is 3.56. The second-order valence-electron chi connectivity index (χ2n) is 6.05. The van der Waals surface area contributed by atoms with Gasteiger partial charge in [-0.1, -0.05) is 47.5 Å². The fourth-order valence-electron chi connectivity index (χ4n) is 3.03. The number of rotatable bonds is 7. The highest BCUT2D eigenvalue weighted by Crippen LogP contribution is 2.33. The van der Waals surface area contributed by atoms with Crippen molar-refractivity contribution < 1.29 is 0 Å². The molecule has 0 aliphatic heterocycles. The van der Waals surface area contributed by atoms with Crippen LogP contribution >= 0.6 is 15.9 Å². The van der Waals surface area contributed by atoms with Crippen LogP contribution < -0.4 is 5.73 Å². The van der Waals surface area contributed by atoms with Gasteiger partial charge in [0.15, 0.2) is 0 Å². The van der Waals surface area contributed by atoms with Gasteiger partial charge in [-0.15, -0.1) is 0 Å². The van der Waals surface area contributed by atoms with Gasteiger partial charge in [0.2, 0.25) is 0 Å². The number of halogens is 1. The summed E-state index contributed by atoms with van der Waals surface area (Å²) in [5.41, 5.74) is 8.23. The number of nitrogens with zero attached hydrogens (tertiary/aromatic N) is 1. The molecule has 0 bridgehead atoms. The molecule has 3 heteroatoms. The predicted molar refractivity (Wildman–Crippen MR) is 102 cm³/mol. The maximum Gasteiger partial charge on any atom is 0.0418 e. The van der Waals surface area contributed by atoms with E-state index >= 15 is 0 Å². The summed E-state index contributed by atoms with van der Waals surface area (Å²) in [6.07, 6.45) is 15.5. The number of hydrogen-bond acceptors (Lipinski definition) is 2.